The number of oxazole rings is 1. The van der Waals surface area contributed by atoms with E-state index in [9.17, 15) is 0 Å². The molecule has 0 radical (unpaired) electrons. The van der Waals surface area contributed by atoms with Crippen molar-refractivity contribution < 1.29 is 9.15 Å². The standard InChI is InChI=1S/C20H36N4O2/c1-19(2,3)15-12-22-16(26-15)13-24-18(21-7)23-11-14-9-8-10-25-17(14)20(4,5)6/h12,14,17H,8-11,13H2,1-7H3,(H2,21,23,24). The minimum absolute atomic E-state index is 0.0336. The average molecular weight is 365 g/mol. The van der Waals surface area contributed by atoms with Gasteiger partial charge in [0.05, 0.1) is 18.8 Å². The first kappa shape index (κ1) is 20.7. The van der Waals surface area contributed by atoms with E-state index < -0.39 is 0 Å². The van der Waals surface area contributed by atoms with E-state index in [-0.39, 0.29) is 16.9 Å². The second-order valence-electron chi connectivity index (χ2n) is 9.23. The molecule has 26 heavy (non-hydrogen) atoms. The van der Waals surface area contributed by atoms with Crippen LogP contribution in [0.5, 0.6) is 0 Å². The third-order valence-electron chi connectivity index (χ3n) is 4.75. The highest BCUT2D eigenvalue weighted by Gasteiger charge is 2.35. The Balaban J connectivity index is 1.86. The first-order chi connectivity index (χ1) is 12.1. The van der Waals surface area contributed by atoms with E-state index in [1.807, 2.05) is 0 Å². The molecule has 0 saturated carbocycles. The van der Waals surface area contributed by atoms with Gasteiger partial charge in [0.15, 0.2) is 5.96 Å². The van der Waals surface area contributed by atoms with Gasteiger partial charge in [-0.1, -0.05) is 41.5 Å². The van der Waals surface area contributed by atoms with Crippen LogP contribution < -0.4 is 10.6 Å². The fourth-order valence-corrected chi connectivity index (χ4v) is 3.36. The normalized spacial score (nSPS) is 22.3. The van der Waals surface area contributed by atoms with Gasteiger partial charge in [0.1, 0.15) is 5.76 Å². The molecule has 2 atom stereocenters. The summed E-state index contributed by atoms with van der Waals surface area (Å²) in [6.07, 6.45) is 4.38. The van der Waals surface area contributed by atoms with Crippen LogP contribution in [0.15, 0.2) is 15.6 Å². The van der Waals surface area contributed by atoms with Gasteiger partial charge in [-0.05, 0) is 18.3 Å². The van der Waals surface area contributed by atoms with Crippen LogP contribution in [0.1, 0.15) is 66.0 Å². The van der Waals surface area contributed by atoms with E-state index in [4.69, 9.17) is 9.15 Å². The van der Waals surface area contributed by atoms with Gasteiger partial charge < -0.3 is 19.8 Å². The van der Waals surface area contributed by atoms with Crippen molar-refractivity contribution in [3.05, 3.63) is 17.8 Å². The maximum atomic E-state index is 6.06. The number of nitrogens with zero attached hydrogens (tertiary/aromatic N) is 2. The summed E-state index contributed by atoms with van der Waals surface area (Å²) in [5.41, 5.74) is 0.110. The molecule has 1 aromatic heterocycles. The van der Waals surface area contributed by atoms with E-state index in [1.54, 1.807) is 13.2 Å². The maximum absolute atomic E-state index is 6.06. The fourth-order valence-electron chi connectivity index (χ4n) is 3.36. The summed E-state index contributed by atoms with van der Waals surface area (Å²) in [6.45, 7) is 15.3. The van der Waals surface area contributed by atoms with Gasteiger partial charge in [-0.2, -0.15) is 0 Å². The number of guanidine groups is 1. The highest BCUT2D eigenvalue weighted by Crippen LogP contribution is 2.33. The lowest BCUT2D eigenvalue weighted by atomic mass is 9.78. The second-order valence-corrected chi connectivity index (χ2v) is 9.23. The quantitative estimate of drug-likeness (QED) is 0.632. The summed E-state index contributed by atoms with van der Waals surface area (Å²) in [4.78, 5) is 8.67. The SMILES string of the molecule is CN=C(NCc1ncc(C(C)(C)C)o1)NCC1CCCOC1C(C)(C)C. The molecule has 0 spiro atoms. The van der Waals surface area contributed by atoms with Crippen molar-refractivity contribution in [2.45, 2.75) is 72.4 Å². The molecule has 2 unspecified atom stereocenters. The van der Waals surface area contributed by atoms with Crippen LogP contribution in [0.4, 0.5) is 0 Å². The average Bonchev–Trinajstić information content (AvgIpc) is 3.04. The molecule has 1 saturated heterocycles. The molecule has 1 aliphatic rings. The molecule has 6 nitrogen and oxygen atoms in total. The van der Waals surface area contributed by atoms with Gasteiger partial charge in [0, 0.05) is 31.5 Å². The summed E-state index contributed by atoms with van der Waals surface area (Å²) < 4.78 is 11.9. The minimum Gasteiger partial charge on any atom is -0.443 e. The number of hydrogen-bond acceptors (Lipinski definition) is 4. The predicted octanol–water partition coefficient (Wildman–Crippen LogP) is 3.48. The van der Waals surface area contributed by atoms with Gasteiger partial charge in [-0.25, -0.2) is 4.98 Å². The number of ether oxygens (including phenoxy) is 1. The molecule has 2 rings (SSSR count). The topological polar surface area (TPSA) is 71.7 Å². The lowest BCUT2D eigenvalue weighted by Crippen LogP contribution is -2.47. The van der Waals surface area contributed by atoms with Crippen molar-refractivity contribution in [1.82, 2.24) is 15.6 Å². The fraction of sp³-hybridized carbons (Fsp3) is 0.800. The lowest BCUT2D eigenvalue weighted by Gasteiger charge is -2.40. The number of hydrogen-bond donors (Lipinski definition) is 2. The highest BCUT2D eigenvalue weighted by molar-refractivity contribution is 5.79. The number of aliphatic imine (C=N–C) groups is 1. The highest BCUT2D eigenvalue weighted by atomic mass is 16.5. The Morgan fingerprint density at radius 1 is 1.23 bits per heavy atom. The number of nitrogens with one attached hydrogen (secondary N) is 2. The third-order valence-corrected chi connectivity index (χ3v) is 4.75. The van der Waals surface area contributed by atoms with E-state index in [0.29, 0.717) is 18.4 Å². The zero-order valence-electron chi connectivity index (χ0n) is 17.5. The largest absolute Gasteiger partial charge is 0.443 e. The van der Waals surface area contributed by atoms with Crippen LogP contribution in [-0.2, 0) is 16.7 Å². The molecule has 0 aliphatic carbocycles. The molecule has 6 heteroatoms. The Morgan fingerprint density at radius 3 is 2.54 bits per heavy atom. The summed E-state index contributed by atoms with van der Waals surface area (Å²) in [5.74, 6) is 2.81. The zero-order chi connectivity index (χ0) is 19.4. The molecule has 2 N–H and O–H groups in total. The van der Waals surface area contributed by atoms with E-state index in [2.05, 4.69) is 62.2 Å². The van der Waals surface area contributed by atoms with Crippen LogP contribution in [0.3, 0.4) is 0 Å². The Morgan fingerprint density at radius 2 is 1.96 bits per heavy atom. The molecule has 0 bridgehead atoms. The van der Waals surface area contributed by atoms with Crippen LogP contribution in [0.25, 0.3) is 0 Å². The second kappa shape index (κ2) is 8.42. The first-order valence-corrected chi connectivity index (χ1v) is 9.62. The van der Waals surface area contributed by atoms with Crippen LogP contribution in [-0.4, -0.2) is 37.2 Å². The molecule has 2 heterocycles. The van der Waals surface area contributed by atoms with Crippen LogP contribution >= 0.6 is 0 Å². The van der Waals surface area contributed by atoms with E-state index in [0.717, 1.165) is 31.3 Å². The minimum atomic E-state index is -0.0336. The smallest absolute Gasteiger partial charge is 0.213 e. The van der Waals surface area contributed by atoms with E-state index >= 15 is 0 Å². The molecular weight excluding hydrogens is 328 g/mol. The van der Waals surface area contributed by atoms with Gasteiger partial charge in [-0.15, -0.1) is 0 Å². The van der Waals surface area contributed by atoms with Gasteiger partial charge in [0.2, 0.25) is 5.89 Å². The first-order valence-electron chi connectivity index (χ1n) is 9.62. The van der Waals surface area contributed by atoms with Gasteiger partial charge >= 0.3 is 0 Å². The van der Waals surface area contributed by atoms with Crippen LogP contribution in [0.2, 0.25) is 0 Å². The predicted molar refractivity (Wildman–Crippen MR) is 105 cm³/mol. The lowest BCUT2D eigenvalue weighted by molar-refractivity contribution is -0.0835. The Bertz CT molecular complexity index is 596. The molecular formula is C20H36N4O2. The van der Waals surface area contributed by atoms with Gasteiger partial charge in [-0.3, -0.25) is 4.99 Å². The maximum Gasteiger partial charge on any atom is 0.213 e. The molecule has 0 aromatic carbocycles. The van der Waals surface area contributed by atoms with Crippen molar-refractivity contribution in [2.24, 2.45) is 16.3 Å². The van der Waals surface area contributed by atoms with Crippen molar-refractivity contribution in [2.75, 3.05) is 20.2 Å². The van der Waals surface area contributed by atoms with Gasteiger partial charge in [0.25, 0.3) is 0 Å². The Labute approximate surface area is 158 Å². The monoisotopic (exact) mass is 364 g/mol. The third kappa shape index (κ3) is 5.73. The van der Waals surface area contributed by atoms with E-state index in [1.165, 1.54) is 6.42 Å². The molecule has 1 aromatic rings. The van der Waals surface area contributed by atoms with Crippen molar-refractivity contribution in [1.29, 1.82) is 0 Å². The number of rotatable bonds is 4. The Hall–Kier alpha value is -1.56. The molecule has 148 valence electrons. The van der Waals surface area contributed by atoms with Crippen molar-refractivity contribution in [3.8, 4) is 0 Å². The molecule has 1 fully saturated rings. The number of aromatic nitrogens is 1. The Kier molecular flexibility index (Phi) is 6.72. The summed E-state index contributed by atoms with van der Waals surface area (Å²) in [5, 5.41) is 6.72. The summed E-state index contributed by atoms with van der Waals surface area (Å²) in [7, 11) is 1.78. The zero-order valence-corrected chi connectivity index (χ0v) is 17.5. The van der Waals surface area contributed by atoms with Crippen molar-refractivity contribution >= 4 is 5.96 Å². The molecule has 1 aliphatic heterocycles. The summed E-state index contributed by atoms with van der Waals surface area (Å²) in [6, 6.07) is 0. The van der Waals surface area contributed by atoms with Crippen molar-refractivity contribution in [3.63, 3.8) is 0 Å². The molecule has 0 amide bonds. The van der Waals surface area contributed by atoms with Crippen LogP contribution in [0, 0.1) is 11.3 Å². The summed E-state index contributed by atoms with van der Waals surface area (Å²) >= 11 is 0.